The van der Waals surface area contributed by atoms with E-state index in [1.54, 1.807) is 74.7 Å². The summed E-state index contributed by atoms with van der Waals surface area (Å²) < 4.78 is 17.0. The number of benzene rings is 3. The van der Waals surface area contributed by atoms with E-state index in [0.717, 1.165) is 0 Å². The van der Waals surface area contributed by atoms with E-state index in [2.05, 4.69) is 5.32 Å². The van der Waals surface area contributed by atoms with Crippen molar-refractivity contribution >= 4 is 46.2 Å². The van der Waals surface area contributed by atoms with Gasteiger partial charge in [0.2, 0.25) is 0 Å². The minimum atomic E-state index is -0.551. The fourth-order valence-electron chi connectivity index (χ4n) is 2.95. The Bertz CT molecular complexity index is 1250. The van der Waals surface area contributed by atoms with E-state index >= 15 is 0 Å². The number of ether oxygens (including phenoxy) is 3. The van der Waals surface area contributed by atoms with E-state index in [9.17, 15) is 14.9 Å². The number of hydrogen-bond acceptors (Lipinski definition) is 6. The van der Waals surface area contributed by atoms with Crippen molar-refractivity contribution in [2.75, 3.05) is 19.0 Å². The molecule has 172 valence electrons. The van der Waals surface area contributed by atoms with Gasteiger partial charge < -0.3 is 19.5 Å². The smallest absolute Gasteiger partial charge is 0.343 e. The number of nitrogens with zero attached hydrogens (tertiary/aromatic N) is 1. The number of anilines is 1. The van der Waals surface area contributed by atoms with Gasteiger partial charge in [-0.05, 0) is 89.7 Å². The van der Waals surface area contributed by atoms with E-state index in [1.165, 1.54) is 6.08 Å². The van der Waals surface area contributed by atoms with Gasteiger partial charge in [-0.25, -0.2) is 4.79 Å². The third-order valence-corrected chi connectivity index (χ3v) is 5.36. The fraction of sp³-hybridized carbons (Fsp3) is 0.115. The molecule has 0 aliphatic heterocycles. The van der Waals surface area contributed by atoms with E-state index in [-0.39, 0.29) is 11.3 Å². The molecule has 1 amide bonds. The summed E-state index contributed by atoms with van der Waals surface area (Å²) >= 11 is 2.02. The molecule has 0 unspecified atom stereocenters. The predicted octanol–water partition coefficient (Wildman–Crippen LogP) is 5.46. The summed E-state index contributed by atoms with van der Waals surface area (Å²) in [7, 11) is 1.54. The van der Waals surface area contributed by atoms with Crippen molar-refractivity contribution in [2.24, 2.45) is 0 Å². The maximum atomic E-state index is 12.7. The van der Waals surface area contributed by atoms with Gasteiger partial charge in [-0.15, -0.1) is 0 Å². The third kappa shape index (κ3) is 6.36. The van der Waals surface area contributed by atoms with Gasteiger partial charge >= 0.3 is 5.97 Å². The van der Waals surface area contributed by atoms with Crippen LogP contribution in [0.25, 0.3) is 6.08 Å². The van der Waals surface area contributed by atoms with Crippen molar-refractivity contribution in [3.05, 3.63) is 87.0 Å². The van der Waals surface area contributed by atoms with E-state index in [0.29, 0.717) is 38.5 Å². The Morgan fingerprint density at radius 1 is 1.09 bits per heavy atom. The Morgan fingerprint density at radius 3 is 2.41 bits per heavy atom. The molecular weight excluding hydrogens is 547 g/mol. The number of rotatable bonds is 8. The summed E-state index contributed by atoms with van der Waals surface area (Å²) in [5, 5.41) is 12.2. The van der Waals surface area contributed by atoms with Gasteiger partial charge in [-0.3, -0.25) is 4.79 Å². The Labute approximate surface area is 211 Å². The van der Waals surface area contributed by atoms with Gasteiger partial charge in [-0.2, -0.15) is 5.26 Å². The average molecular weight is 568 g/mol. The summed E-state index contributed by atoms with van der Waals surface area (Å²) in [6, 6.07) is 20.7. The molecule has 8 heteroatoms. The van der Waals surface area contributed by atoms with Crippen LogP contribution in [0.1, 0.15) is 22.8 Å². The molecule has 3 aromatic carbocycles. The van der Waals surface area contributed by atoms with Crippen LogP contribution >= 0.6 is 22.6 Å². The highest BCUT2D eigenvalue weighted by molar-refractivity contribution is 14.1. The predicted molar refractivity (Wildman–Crippen MR) is 137 cm³/mol. The monoisotopic (exact) mass is 568 g/mol. The van der Waals surface area contributed by atoms with Crippen LogP contribution in [0.15, 0.2) is 72.3 Å². The molecule has 0 saturated heterocycles. The second-order valence-corrected chi connectivity index (χ2v) is 8.03. The number of esters is 1. The summed E-state index contributed by atoms with van der Waals surface area (Å²) in [5.74, 6) is 0.124. The number of carbonyl (C=O) groups excluding carboxylic acids is 2. The van der Waals surface area contributed by atoms with E-state index in [4.69, 9.17) is 14.2 Å². The lowest BCUT2D eigenvalue weighted by Gasteiger charge is -2.14. The molecular formula is C26H21IN2O5. The number of halogens is 1. The quantitative estimate of drug-likeness (QED) is 0.127. The van der Waals surface area contributed by atoms with Gasteiger partial charge in [0.05, 0.1) is 22.9 Å². The van der Waals surface area contributed by atoms with Crippen LogP contribution in [0.2, 0.25) is 0 Å². The zero-order valence-electron chi connectivity index (χ0n) is 18.5. The SMILES string of the molecule is CCOc1cc(/C=C(\C#N)C(=O)Nc2ccccc2)cc(I)c1OC(=O)c1ccc(OC)cc1. The molecule has 0 saturated carbocycles. The number of carbonyl (C=O) groups is 2. The van der Waals surface area contributed by atoms with Crippen LogP contribution in [0.4, 0.5) is 5.69 Å². The first-order valence-electron chi connectivity index (χ1n) is 10.3. The molecule has 0 fully saturated rings. The summed E-state index contributed by atoms with van der Waals surface area (Å²) in [4.78, 5) is 25.2. The van der Waals surface area contributed by atoms with Crippen molar-refractivity contribution < 1.29 is 23.8 Å². The number of nitrogens with one attached hydrogen (secondary N) is 1. The van der Waals surface area contributed by atoms with E-state index < -0.39 is 11.9 Å². The van der Waals surface area contributed by atoms with Crippen LogP contribution in [-0.2, 0) is 4.79 Å². The Kier molecular flexibility index (Phi) is 8.65. The Balaban J connectivity index is 1.87. The molecule has 1 N–H and O–H groups in total. The van der Waals surface area contributed by atoms with Gasteiger partial charge in [0.1, 0.15) is 17.4 Å². The molecule has 0 atom stereocenters. The number of nitriles is 1. The summed E-state index contributed by atoms with van der Waals surface area (Å²) in [6.07, 6.45) is 1.46. The Hall–Kier alpha value is -3.84. The molecule has 3 aromatic rings. The zero-order chi connectivity index (χ0) is 24.5. The van der Waals surface area contributed by atoms with Crippen molar-refractivity contribution in [3.63, 3.8) is 0 Å². The second-order valence-electron chi connectivity index (χ2n) is 6.87. The van der Waals surface area contributed by atoms with Crippen LogP contribution in [0, 0.1) is 14.9 Å². The molecule has 34 heavy (non-hydrogen) atoms. The van der Waals surface area contributed by atoms with Crippen LogP contribution in [-0.4, -0.2) is 25.6 Å². The average Bonchev–Trinajstić information content (AvgIpc) is 2.85. The van der Waals surface area contributed by atoms with Crippen molar-refractivity contribution in [1.82, 2.24) is 0 Å². The highest BCUT2D eigenvalue weighted by Gasteiger charge is 2.18. The number of hydrogen-bond donors (Lipinski definition) is 1. The molecule has 0 aliphatic carbocycles. The molecule has 0 spiro atoms. The van der Waals surface area contributed by atoms with Gasteiger partial charge in [0.15, 0.2) is 11.5 Å². The summed E-state index contributed by atoms with van der Waals surface area (Å²) in [5.41, 5.74) is 1.41. The first-order chi connectivity index (χ1) is 16.4. The topological polar surface area (TPSA) is 97.6 Å². The lowest BCUT2D eigenvalue weighted by atomic mass is 10.1. The maximum Gasteiger partial charge on any atom is 0.343 e. The van der Waals surface area contributed by atoms with Crippen LogP contribution < -0.4 is 19.5 Å². The van der Waals surface area contributed by atoms with Crippen LogP contribution in [0.3, 0.4) is 0 Å². The molecule has 0 radical (unpaired) electrons. The highest BCUT2D eigenvalue weighted by Crippen LogP contribution is 2.35. The van der Waals surface area contributed by atoms with Gasteiger partial charge in [0, 0.05) is 5.69 Å². The van der Waals surface area contributed by atoms with Crippen LogP contribution in [0.5, 0.6) is 17.2 Å². The first-order valence-corrected chi connectivity index (χ1v) is 11.3. The molecule has 0 aromatic heterocycles. The molecule has 7 nitrogen and oxygen atoms in total. The normalized spacial score (nSPS) is 10.7. The number of methoxy groups -OCH3 is 1. The number of amides is 1. The largest absolute Gasteiger partial charge is 0.497 e. The Morgan fingerprint density at radius 2 is 1.79 bits per heavy atom. The molecule has 0 aliphatic rings. The molecule has 0 heterocycles. The lowest BCUT2D eigenvalue weighted by Crippen LogP contribution is -2.13. The van der Waals surface area contributed by atoms with Gasteiger partial charge in [0.25, 0.3) is 5.91 Å². The summed E-state index contributed by atoms with van der Waals surface area (Å²) in [6.45, 7) is 2.13. The van der Waals surface area contributed by atoms with Crippen molar-refractivity contribution in [3.8, 4) is 23.3 Å². The van der Waals surface area contributed by atoms with Crippen molar-refractivity contribution in [2.45, 2.75) is 6.92 Å². The first kappa shape index (κ1) is 24.8. The third-order valence-electron chi connectivity index (χ3n) is 4.56. The standard InChI is InChI=1S/C26H21IN2O5/c1-3-33-23-15-17(13-19(16-28)25(30)29-20-7-5-4-6-8-20)14-22(27)24(23)34-26(31)18-9-11-21(32-2)12-10-18/h4-15H,3H2,1-2H3,(H,29,30)/b19-13+. The number of para-hydroxylation sites is 1. The highest BCUT2D eigenvalue weighted by atomic mass is 127. The van der Waals surface area contributed by atoms with E-state index in [1.807, 2.05) is 34.7 Å². The second kappa shape index (κ2) is 11.9. The van der Waals surface area contributed by atoms with Crippen molar-refractivity contribution in [1.29, 1.82) is 5.26 Å². The molecule has 3 rings (SSSR count). The lowest BCUT2D eigenvalue weighted by molar-refractivity contribution is -0.112. The minimum absolute atomic E-state index is 0.0786. The molecule has 0 bridgehead atoms. The fourth-order valence-corrected chi connectivity index (χ4v) is 3.68. The van der Waals surface area contributed by atoms with Gasteiger partial charge in [-0.1, -0.05) is 18.2 Å². The minimum Gasteiger partial charge on any atom is -0.497 e. The zero-order valence-corrected chi connectivity index (χ0v) is 20.7. The maximum absolute atomic E-state index is 12.7.